The molecule has 1 aromatic carbocycles. The van der Waals surface area contributed by atoms with E-state index >= 15 is 0 Å². The first kappa shape index (κ1) is 14.0. The minimum Gasteiger partial charge on any atom is -0.493 e. The second-order valence-electron chi connectivity index (χ2n) is 4.21. The summed E-state index contributed by atoms with van der Waals surface area (Å²) in [6, 6.07) is 3.61. The minimum atomic E-state index is -0.00231. The summed E-state index contributed by atoms with van der Waals surface area (Å²) >= 11 is 0. The third-order valence-electron chi connectivity index (χ3n) is 2.99. The third-order valence-corrected chi connectivity index (χ3v) is 2.99. The monoisotopic (exact) mass is 275 g/mol. The van der Waals surface area contributed by atoms with Crippen LogP contribution in [-0.4, -0.2) is 33.7 Å². The lowest BCUT2D eigenvalue weighted by atomic mass is 10.0. The summed E-state index contributed by atoms with van der Waals surface area (Å²) in [5.74, 6) is 1.65. The van der Waals surface area contributed by atoms with Crippen LogP contribution in [0.3, 0.4) is 0 Å². The van der Waals surface area contributed by atoms with Gasteiger partial charge in [-0.1, -0.05) is 0 Å². The topological polar surface area (TPSA) is 56.8 Å². The molecule has 1 aliphatic heterocycles. The van der Waals surface area contributed by atoms with Gasteiger partial charge in [-0.2, -0.15) is 0 Å². The second-order valence-corrected chi connectivity index (χ2v) is 4.21. The lowest BCUT2D eigenvalue weighted by molar-refractivity contribution is -0.111. The van der Waals surface area contributed by atoms with Gasteiger partial charge in [-0.25, -0.2) is 0 Å². The van der Waals surface area contributed by atoms with Crippen LogP contribution in [0, 0.1) is 0 Å². The standard InChI is InChI=1S/C15H17NO4/c1-18-13-7-10(8-14(19-2)15(13)20-3)6-11-9-16-5-4-12(11)17/h4-8,16H,9H2,1-3H3/b11-6+. The van der Waals surface area contributed by atoms with Crippen LogP contribution in [0.5, 0.6) is 17.2 Å². The SMILES string of the molecule is COc1cc(/C=C2\CNC=CC2=O)cc(OC)c1OC. The van der Waals surface area contributed by atoms with Crippen molar-refractivity contribution in [2.24, 2.45) is 0 Å². The number of ketones is 1. The van der Waals surface area contributed by atoms with Gasteiger partial charge in [0.25, 0.3) is 0 Å². The van der Waals surface area contributed by atoms with E-state index in [-0.39, 0.29) is 5.78 Å². The number of carbonyl (C=O) groups is 1. The van der Waals surface area contributed by atoms with Gasteiger partial charge in [0.1, 0.15) is 0 Å². The molecule has 0 unspecified atom stereocenters. The van der Waals surface area contributed by atoms with Crippen LogP contribution in [0.2, 0.25) is 0 Å². The van der Waals surface area contributed by atoms with Crippen LogP contribution < -0.4 is 19.5 Å². The Hall–Kier alpha value is -2.43. The van der Waals surface area contributed by atoms with Gasteiger partial charge in [-0.05, 0) is 23.8 Å². The summed E-state index contributed by atoms with van der Waals surface area (Å²) in [4.78, 5) is 11.7. The fourth-order valence-corrected chi connectivity index (χ4v) is 2.01. The number of methoxy groups -OCH3 is 3. The zero-order valence-corrected chi connectivity index (χ0v) is 11.7. The van der Waals surface area contributed by atoms with E-state index in [9.17, 15) is 4.79 Å². The van der Waals surface area contributed by atoms with Crippen molar-refractivity contribution < 1.29 is 19.0 Å². The van der Waals surface area contributed by atoms with E-state index in [0.29, 0.717) is 29.4 Å². The number of ether oxygens (including phenoxy) is 3. The van der Waals surface area contributed by atoms with E-state index in [1.807, 2.05) is 6.08 Å². The molecule has 2 rings (SSSR count). The first-order valence-corrected chi connectivity index (χ1v) is 6.14. The van der Waals surface area contributed by atoms with Crippen molar-refractivity contribution in [3.63, 3.8) is 0 Å². The average Bonchev–Trinajstić information content (AvgIpc) is 2.48. The number of allylic oxidation sites excluding steroid dienone is 1. The van der Waals surface area contributed by atoms with Gasteiger partial charge in [0.15, 0.2) is 17.3 Å². The molecule has 1 heterocycles. The average molecular weight is 275 g/mol. The Morgan fingerprint density at radius 3 is 2.25 bits per heavy atom. The minimum absolute atomic E-state index is 0.00231. The number of hydrogen-bond donors (Lipinski definition) is 1. The molecule has 0 spiro atoms. The van der Waals surface area contributed by atoms with Crippen molar-refractivity contribution in [3.8, 4) is 17.2 Å². The maximum absolute atomic E-state index is 11.7. The number of benzene rings is 1. The van der Waals surface area contributed by atoms with E-state index in [1.54, 1.807) is 39.7 Å². The fourth-order valence-electron chi connectivity index (χ4n) is 2.01. The van der Waals surface area contributed by atoms with Crippen LogP contribution >= 0.6 is 0 Å². The van der Waals surface area contributed by atoms with Crippen LogP contribution in [-0.2, 0) is 4.79 Å². The van der Waals surface area contributed by atoms with Crippen molar-refractivity contribution in [3.05, 3.63) is 35.5 Å². The molecule has 0 saturated carbocycles. The molecule has 106 valence electrons. The van der Waals surface area contributed by atoms with Crippen LogP contribution in [0.15, 0.2) is 30.0 Å². The molecule has 0 atom stereocenters. The molecule has 20 heavy (non-hydrogen) atoms. The van der Waals surface area contributed by atoms with Gasteiger partial charge < -0.3 is 19.5 Å². The molecule has 0 radical (unpaired) electrons. The fraction of sp³-hybridized carbons (Fsp3) is 0.267. The Kier molecular flexibility index (Phi) is 4.30. The molecule has 1 aromatic rings. The molecule has 0 saturated heterocycles. The Bertz CT molecular complexity index is 550. The summed E-state index contributed by atoms with van der Waals surface area (Å²) < 4.78 is 15.8. The summed E-state index contributed by atoms with van der Waals surface area (Å²) in [7, 11) is 4.67. The summed E-state index contributed by atoms with van der Waals surface area (Å²) in [6.45, 7) is 0.506. The molecular formula is C15H17NO4. The molecule has 0 bridgehead atoms. The van der Waals surface area contributed by atoms with E-state index < -0.39 is 0 Å². The van der Waals surface area contributed by atoms with E-state index in [4.69, 9.17) is 14.2 Å². The molecule has 1 aliphatic rings. The number of carbonyl (C=O) groups excluding carboxylic acids is 1. The van der Waals surface area contributed by atoms with Crippen LogP contribution in [0.4, 0.5) is 0 Å². The quantitative estimate of drug-likeness (QED) is 0.849. The van der Waals surface area contributed by atoms with Crippen molar-refractivity contribution in [1.29, 1.82) is 0 Å². The molecule has 5 heteroatoms. The maximum atomic E-state index is 11.7. The molecule has 0 fully saturated rings. The van der Waals surface area contributed by atoms with Gasteiger partial charge in [-0.3, -0.25) is 4.79 Å². The van der Waals surface area contributed by atoms with Gasteiger partial charge in [0.05, 0.1) is 21.3 Å². The Morgan fingerprint density at radius 2 is 1.75 bits per heavy atom. The van der Waals surface area contributed by atoms with Gasteiger partial charge in [-0.15, -0.1) is 0 Å². The third kappa shape index (κ3) is 2.77. The second kappa shape index (κ2) is 6.14. The van der Waals surface area contributed by atoms with Gasteiger partial charge in [0, 0.05) is 24.4 Å². The predicted molar refractivity (Wildman–Crippen MR) is 76.2 cm³/mol. The van der Waals surface area contributed by atoms with E-state index in [0.717, 1.165) is 5.56 Å². The molecule has 0 aromatic heterocycles. The van der Waals surface area contributed by atoms with Crippen molar-refractivity contribution in [2.75, 3.05) is 27.9 Å². The highest BCUT2D eigenvalue weighted by Gasteiger charge is 2.14. The number of hydrogen-bond acceptors (Lipinski definition) is 5. The Morgan fingerprint density at radius 1 is 1.10 bits per heavy atom. The lowest BCUT2D eigenvalue weighted by Gasteiger charge is -2.14. The molecular weight excluding hydrogens is 258 g/mol. The normalized spacial score (nSPS) is 15.9. The largest absolute Gasteiger partial charge is 0.493 e. The Balaban J connectivity index is 2.45. The summed E-state index contributed by atoms with van der Waals surface area (Å²) in [6.07, 6.45) is 4.96. The first-order chi connectivity index (χ1) is 9.69. The Labute approximate surface area is 117 Å². The first-order valence-electron chi connectivity index (χ1n) is 6.14. The highest BCUT2D eigenvalue weighted by molar-refractivity contribution is 6.08. The molecule has 1 N–H and O–H groups in total. The zero-order chi connectivity index (χ0) is 14.5. The van der Waals surface area contributed by atoms with Crippen molar-refractivity contribution in [1.82, 2.24) is 5.32 Å². The molecule has 0 amide bonds. The molecule has 5 nitrogen and oxygen atoms in total. The van der Waals surface area contributed by atoms with E-state index in [1.165, 1.54) is 6.08 Å². The highest BCUT2D eigenvalue weighted by atomic mass is 16.5. The highest BCUT2D eigenvalue weighted by Crippen LogP contribution is 2.38. The summed E-state index contributed by atoms with van der Waals surface area (Å²) in [5, 5.41) is 3.01. The summed E-state index contributed by atoms with van der Waals surface area (Å²) in [5.41, 5.74) is 1.50. The lowest BCUT2D eigenvalue weighted by Crippen LogP contribution is -2.20. The maximum Gasteiger partial charge on any atom is 0.203 e. The number of rotatable bonds is 4. The van der Waals surface area contributed by atoms with Crippen LogP contribution in [0.25, 0.3) is 6.08 Å². The van der Waals surface area contributed by atoms with Crippen LogP contribution in [0.1, 0.15) is 5.56 Å². The van der Waals surface area contributed by atoms with Crippen molar-refractivity contribution >= 4 is 11.9 Å². The van der Waals surface area contributed by atoms with Gasteiger partial charge in [0.2, 0.25) is 5.75 Å². The number of nitrogens with one attached hydrogen (secondary N) is 1. The van der Waals surface area contributed by atoms with E-state index in [2.05, 4.69) is 5.32 Å². The smallest absolute Gasteiger partial charge is 0.203 e. The predicted octanol–water partition coefficient (Wildman–Crippen LogP) is 1.78. The molecule has 0 aliphatic carbocycles. The van der Waals surface area contributed by atoms with Gasteiger partial charge >= 0.3 is 0 Å². The zero-order valence-electron chi connectivity index (χ0n) is 11.7. The van der Waals surface area contributed by atoms with Crippen molar-refractivity contribution in [2.45, 2.75) is 0 Å².